The van der Waals surface area contributed by atoms with Crippen LogP contribution in [0.5, 0.6) is 11.5 Å². The number of nitrogens with two attached hydrogens (primary N) is 1. The Morgan fingerprint density at radius 1 is 1.03 bits per heavy atom. The van der Waals surface area contributed by atoms with Gasteiger partial charge in [-0.2, -0.15) is 0 Å². The van der Waals surface area contributed by atoms with Gasteiger partial charge in [0.25, 0.3) is 5.69 Å². The van der Waals surface area contributed by atoms with Gasteiger partial charge in [0.1, 0.15) is 11.5 Å². The summed E-state index contributed by atoms with van der Waals surface area (Å²) in [6.07, 6.45) is 0.445. The number of hydrogen-bond acceptors (Lipinski definition) is 7. The third kappa shape index (κ3) is 4.80. The number of ether oxygens (including phenoxy) is 2. The van der Waals surface area contributed by atoms with E-state index in [0.717, 1.165) is 33.0 Å². The van der Waals surface area contributed by atoms with E-state index in [0.29, 0.717) is 17.3 Å². The minimum Gasteiger partial charge on any atom is -0.497 e. The van der Waals surface area contributed by atoms with Crippen LogP contribution in [0.4, 0.5) is 10.8 Å². The van der Waals surface area contributed by atoms with Crippen molar-refractivity contribution in [1.82, 2.24) is 4.98 Å². The zero-order valence-electron chi connectivity index (χ0n) is 18.2. The summed E-state index contributed by atoms with van der Waals surface area (Å²) in [5.41, 5.74) is 9.73. The van der Waals surface area contributed by atoms with Gasteiger partial charge in [-0.15, -0.1) is 0 Å². The number of anilines is 1. The molecule has 0 saturated carbocycles. The Balaban J connectivity index is 1.86. The fourth-order valence-electron chi connectivity index (χ4n) is 3.85. The molecule has 168 valence electrons. The molecule has 0 bridgehead atoms. The van der Waals surface area contributed by atoms with E-state index in [1.807, 2.05) is 54.6 Å². The molecule has 4 rings (SSSR count). The monoisotopic (exact) mass is 461 g/mol. The smallest absolute Gasteiger partial charge is 0.269 e. The molecular weight excluding hydrogens is 438 g/mol. The fourth-order valence-corrected chi connectivity index (χ4v) is 4.75. The number of nitrogen functional groups attached to an aromatic ring is 1. The molecule has 0 saturated heterocycles. The summed E-state index contributed by atoms with van der Waals surface area (Å²) in [6.45, 7) is 0. The van der Waals surface area contributed by atoms with E-state index in [2.05, 4.69) is 0 Å². The van der Waals surface area contributed by atoms with Crippen LogP contribution in [0.2, 0.25) is 0 Å². The largest absolute Gasteiger partial charge is 0.497 e. The highest BCUT2D eigenvalue weighted by atomic mass is 32.1. The van der Waals surface area contributed by atoms with Crippen molar-refractivity contribution in [2.45, 2.75) is 12.3 Å². The first kappa shape index (κ1) is 22.3. The molecule has 1 atom stereocenters. The first-order chi connectivity index (χ1) is 16.0. The number of nitro groups is 1. The van der Waals surface area contributed by atoms with Crippen LogP contribution in [0.25, 0.3) is 10.4 Å². The van der Waals surface area contributed by atoms with Gasteiger partial charge >= 0.3 is 0 Å². The molecule has 0 spiro atoms. The van der Waals surface area contributed by atoms with Crippen molar-refractivity contribution < 1.29 is 14.4 Å². The molecule has 0 amide bonds. The minimum atomic E-state index is -0.401. The van der Waals surface area contributed by atoms with Crippen LogP contribution in [0, 0.1) is 10.1 Å². The van der Waals surface area contributed by atoms with E-state index in [1.165, 1.54) is 17.4 Å². The second kappa shape index (κ2) is 9.70. The second-order valence-electron chi connectivity index (χ2n) is 7.42. The van der Waals surface area contributed by atoms with Gasteiger partial charge in [-0.1, -0.05) is 53.8 Å². The topological polar surface area (TPSA) is 101 Å². The van der Waals surface area contributed by atoms with Crippen molar-refractivity contribution in [3.63, 3.8) is 0 Å². The lowest BCUT2D eigenvalue weighted by molar-refractivity contribution is -0.384. The molecule has 33 heavy (non-hydrogen) atoms. The molecule has 0 fully saturated rings. The van der Waals surface area contributed by atoms with Crippen molar-refractivity contribution in [2.24, 2.45) is 0 Å². The molecule has 4 aromatic rings. The molecule has 1 unspecified atom stereocenters. The number of methoxy groups -OCH3 is 2. The number of nitrogens with zero attached hydrogens (tertiary/aromatic N) is 2. The molecule has 7 nitrogen and oxygen atoms in total. The molecule has 0 aliphatic heterocycles. The lowest BCUT2D eigenvalue weighted by Gasteiger charge is -2.19. The first-order valence-corrected chi connectivity index (χ1v) is 11.1. The number of hydrogen-bond donors (Lipinski definition) is 1. The van der Waals surface area contributed by atoms with E-state index < -0.39 is 4.92 Å². The summed E-state index contributed by atoms with van der Waals surface area (Å²) < 4.78 is 10.8. The van der Waals surface area contributed by atoms with Crippen molar-refractivity contribution in [2.75, 3.05) is 20.0 Å². The molecule has 8 heteroatoms. The molecule has 3 aromatic carbocycles. The quantitative estimate of drug-likeness (QED) is 0.267. The Bertz CT molecular complexity index is 1260. The van der Waals surface area contributed by atoms with Crippen LogP contribution in [0.3, 0.4) is 0 Å². The number of non-ortho nitro benzene ring substituents is 1. The first-order valence-electron chi connectivity index (χ1n) is 10.3. The van der Waals surface area contributed by atoms with E-state index >= 15 is 0 Å². The molecule has 1 aromatic heterocycles. The molecular formula is C25H23N3O4S. The van der Waals surface area contributed by atoms with Crippen molar-refractivity contribution in [3.05, 3.63) is 99.7 Å². The standard InChI is InChI=1S/C25H23N3O4S/c1-31-20-11-8-16(9-12-20)21(15-18-14-19(28(29)30)10-13-22(18)32-2)23-24(33-25(26)27-23)17-6-4-3-5-7-17/h3-14,21H,15H2,1-2H3,(H2,26,27). The highest BCUT2D eigenvalue weighted by Crippen LogP contribution is 2.41. The van der Waals surface area contributed by atoms with E-state index in [-0.39, 0.29) is 11.6 Å². The Labute approximate surface area is 195 Å². The van der Waals surface area contributed by atoms with Gasteiger partial charge in [-0.05, 0) is 35.7 Å². The van der Waals surface area contributed by atoms with Crippen LogP contribution in [-0.2, 0) is 6.42 Å². The Morgan fingerprint density at radius 3 is 2.39 bits per heavy atom. The van der Waals surface area contributed by atoms with E-state index in [9.17, 15) is 10.1 Å². The number of rotatable bonds is 8. The van der Waals surface area contributed by atoms with Crippen LogP contribution < -0.4 is 15.2 Å². The van der Waals surface area contributed by atoms with Crippen LogP contribution in [0.1, 0.15) is 22.7 Å². The molecule has 0 aliphatic rings. The summed E-state index contributed by atoms with van der Waals surface area (Å²) in [6, 6.07) is 22.3. The zero-order valence-corrected chi connectivity index (χ0v) is 19.0. The maximum atomic E-state index is 11.4. The van der Waals surface area contributed by atoms with Crippen LogP contribution in [0.15, 0.2) is 72.8 Å². The van der Waals surface area contributed by atoms with Gasteiger partial charge in [0.2, 0.25) is 0 Å². The fraction of sp³-hybridized carbons (Fsp3) is 0.160. The Kier molecular flexibility index (Phi) is 6.55. The predicted molar refractivity (Wildman–Crippen MR) is 130 cm³/mol. The third-order valence-corrected chi connectivity index (χ3v) is 6.40. The van der Waals surface area contributed by atoms with Gasteiger partial charge in [-0.25, -0.2) is 4.98 Å². The summed E-state index contributed by atoms with van der Waals surface area (Å²) in [4.78, 5) is 16.7. The van der Waals surface area contributed by atoms with E-state index in [4.69, 9.17) is 20.2 Å². The highest BCUT2D eigenvalue weighted by molar-refractivity contribution is 7.18. The predicted octanol–water partition coefficient (Wildman–Crippen LogP) is 5.69. The van der Waals surface area contributed by atoms with Crippen molar-refractivity contribution in [3.8, 4) is 21.9 Å². The van der Waals surface area contributed by atoms with Gasteiger partial charge in [0.05, 0.1) is 29.7 Å². The number of nitro benzene ring substituents is 1. The Hall–Kier alpha value is -3.91. The lowest BCUT2D eigenvalue weighted by atomic mass is 9.87. The summed E-state index contributed by atoms with van der Waals surface area (Å²) in [5, 5.41) is 11.9. The number of aromatic nitrogens is 1. The molecule has 2 N–H and O–H groups in total. The molecule has 0 radical (unpaired) electrons. The van der Waals surface area contributed by atoms with Gasteiger partial charge in [-0.3, -0.25) is 10.1 Å². The maximum absolute atomic E-state index is 11.4. The van der Waals surface area contributed by atoms with Gasteiger partial charge in [0.15, 0.2) is 5.13 Å². The van der Waals surface area contributed by atoms with Crippen molar-refractivity contribution in [1.29, 1.82) is 0 Å². The highest BCUT2D eigenvalue weighted by Gasteiger charge is 2.25. The van der Waals surface area contributed by atoms with Gasteiger partial charge < -0.3 is 15.2 Å². The second-order valence-corrected chi connectivity index (χ2v) is 8.45. The number of benzene rings is 3. The molecule has 0 aliphatic carbocycles. The maximum Gasteiger partial charge on any atom is 0.269 e. The van der Waals surface area contributed by atoms with E-state index in [1.54, 1.807) is 26.4 Å². The summed E-state index contributed by atoms with van der Waals surface area (Å²) in [5.74, 6) is 1.12. The lowest BCUT2D eigenvalue weighted by Crippen LogP contribution is -2.09. The van der Waals surface area contributed by atoms with Gasteiger partial charge in [0, 0.05) is 23.6 Å². The average Bonchev–Trinajstić information content (AvgIpc) is 3.24. The summed E-state index contributed by atoms with van der Waals surface area (Å²) in [7, 11) is 3.18. The van der Waals surface area contributed by atoms with Crippen molar-refractivity contribution >= 4 is 22.2 Å². The van der Waals surface area contributed by atoms with Crippen LogP contribution in [-0.4, -0.2) is 24.1 Å². The minimum absolute atomic E-state index is 0.0142. The summed E-state index contributed by atoms with van der Waals surface area (Å²) >= 11 is 1.43. The third-order valence-electron chi connectivity index (χ3n) is 5.45. The average molecular weight is 462 g/mol. The SMILES string of the molecule is COc1ccc(C(Cc2cc([N+](=O)[O-])ccc2OC)c2nc(N)sc2-c2ccccc2)cc1. The van der Waals surface area contributed by atoms with Crippen LogP contribution >= 0.6 is 11.3 Å². The Morgan fingerprint density at radius 2 is 1.76 bits per heavy atom. The number of thiazole rings is 1. The molecule has 1 heterocycles. The normalized spacial score (nSPS) is 11.7. The zero-order chi connectivity index (χ0) is 23.4.